The molecule has 0 bridgehead atoms. The Hall–Kier alpha value is -0.980. The number of ketones is 1. The van der Waals surface area contributed by atoms with Gasteiger partial charge in [0, 0.05) is 22.0 Å². The lowest BCUT2D eigenvalue weighted by Crippen LogP contribution is -2.13. The third kappa shape index (κ3) is 3.58. The number of halogens is 2. The Morgan fingerprint density at radius 3 is 2.60 bits per heavy atom. The van der Waals surface area contributed by atoms with E-state index in [0.717, 1.165) is 0 Å². The van der Waals surface area contributed by atoms with Crippen LogP contribution in [0.1, 0.15) is 23.2 Å². The Morgan fingerprint density at radius 1 is 1.33 bits per heavy atom. The summed E-state index contributed by atoms with van der Waals surface area (Å²) in [5, 5.41) is 0. The number of carbonyl (C=O) groups excluding carboxylic acids is 2. The molecule has 0 heterocycles. The molecule has 0 spiro atoms. The first-order valence-electron chi connectivity index (χ1n) is 4.27. The van der Waals surface area contributed by atoms with Gasteiger partial charge in [-0.2, -0.15) is 0 Å². The van der Waals surface area contributed by atoms with E-state index in [1.807, 2.05) is 22.6 Å². The molecule has 1 rings (SSSR count). The molecular formula is C10H9FINO2. The fraction of sp³-hybridized carbons (Fsp3) is 0.200. The quantitative estimate of drug-likeness (QED) is 0.680. The number of hydrogen-bond donors (Lipinski definition) is 1. The van der Waals surface area contributed by atoms with Gasteiger partial charge in [0.2, 0.25) is 5.91 Å². The number of amides is 1. The van der Waals surface area contributed by atoms with Gasteiger partial charge in [-0.3, -0.25) is 9.59 Å². The second-order valence-electron chi connectivity index (χ2n) is 3.01. The molecule has 3 nitrogen and oxygen atoms in total. The Bertz CT molecular complexity index is 406. The van der Waals surface area contributed by atoms with E-state index in [2.05, 4.69) is 0 Å². The van der Waals surface area contributed by atoms with Crippen LogP contribution < -0.4 is 5.73 Å². The highest BCUT2D eigenvalue weighted by molar-refractivity contribution is 14.1. The van der Waals surface area contributed by atoms with Crippen LogP contribution in [-0.2, 0) is 4.79 Å². The summed E-state index contributed by atoms with van der Waals surface area (Å²) in [6.07, 6.45) is 0.0141. The van der Waals surface area contributed by atoms with Crippen LogP contribution in [0.15, 0.2) is 18.2 Å². The summed E-state index contributed by atoms with van der Waals surface area (Å²) in [5.74, 6) is -1.26. The standard InChI is InChI=1S/C10H9FINO2/c11-6-1-2-8(12)7(5-6)9(14)3-4-10(13)15/h1-2,5H,3-4H2,(H2,13,15). The van der Waals surface area contributed by atoms with Crippen molar-refractivity contribution in [1.82, 2.24) is 0 Å². The van der Waals surface area contributed by atoms with Crippen molar-refractivity contribution in [3.8, 4) is 0 Å². The van der Waals surface area contributed by atoms with Crippen molar-refractivity contribution in [2.24, 2.45) is 5.73 Å². The minimum atomic E-state index is -0.533. The van der Waals surface area contributed by atoms with Crippen molar-refractivity contribution >= 4 is 34.3 Å². The summed E-state index contributed by atoms with van der Waals surface area (Å²) in [4.78, 5) is 22.0. The maximum absolute atomic E-state index is 12.9. The Kier molecular flexibility index (Phi) is 4.19. The van der Waals surface area contributed by atoms with Gasteiger partial charge in [-0.15, -0.1) is 0 Å². The Labute approximate surface area is 100.0 Å². The molecule has 0 aliphatic carbocycles. The number of Topliss-reactive ketones (excluding diaryl/α,β-unsaturated/α-hetero) is 1. The van der Waals surface area contributed by atoms with Gasteiger partial charge in [0.1, 0.15) is 5.82 Å². The molecule has 0 aliphatic rings. The maximum atomic E-state index is 12.9. The van der Waals surface area contributed by atoms with Gasteiger partial charge in [-0.1, -0.05) is 0 Å². The number of benzene rings is 1. The first kappa shape index (κ1) is 12.1. The molecule has 0 unspecified atom stereocenters. The predicted molar refractivity (Wildman–Crippen MR) is 61.9 cm³/mol. The molecule has 0 aliphatic heterocycles. The van der Waals surface area contributed by atoms with E-state index in [-0.39, 0.29) is 18.6 Å². The normalized spacial score (nSPS) is 10.0. The zero-order valence-corrected chi connectivity index (χ0v) is 9.95. The zero-order valence-electron chi connectivity index (χ0n) is 7.80. The molecule has 1 aromatic carbocycles. The summed E-state index contributed by atoms with van der Waals surface area (Å²) in [5.41, 5.74) is 5.22. The second-order valence-corrected chi connectivity index (χ2v) is 4.18. The van der Waals surface area contributed by atoms with Crippen LogP contribution in [0.25, 0.3) is 0 Å². The monoisotopic (exact) mass is 321 g/mol. The van der Waals surface area contributed by atoms with Crippen molar-refractivity contribution in [3.05, 3.63) is 33.1 Å². The average Bonchev–Trinajstić information content (AvgIpc) is 2.18. The predicted octanol–water partition coefficient (Wildman–Crippen LogP) is 1.88. The lowest BCUT2D eigenvalue weighted by Gasteiger charge is -2.02. The maximum Gasteiger partial charge on any atom is 0.217 e. The molecule has 15 heavy (non-hydrogen) atoms. The Morgan fingerprint density at radius 2 is 2.00 bits per heavy atom. The van der Waals surface area contributed by atoms with Crippen molar-refractivity contribution in [3.63, 3.8) is 0 Å². The third-order valence-electron chi connectivity index (χ3n) is 1.83. The van der Waals surface area contributed by atoms with Crippen molar-refractivity contribution in [1.29, 1.82) is 0 Å². The third-order valence-corrected chi connectivity index (χ3v) is 2.77. The van der Waals surface area contributed by atoms with Crippen LogP contribution in [0, 0.1) is 9.39 Å². The molecule has 0 saturated heterocycles. The SMILES string of the molecule is NC(=O)CCC(=O)c1cc(F)ccc1I. The molecule has 5 heteroatoms. The largest absolute Gasteiger partial charge is 0.370 e. The summed E-state index contributed by atoms with van der Waals surface area (Å²) in [6, 6.07) is 3.98. The molecule has 0 saturated carbocycles. The number of carbonyl (C=O) groups is 2. The van der Waals surface area contributed by atoms with Crippen LogP contribution in [0.5, 0.6) is 0 Å². The molecule has 80 valence electrons. The number of rotatable bonds is 4. The molecule has 2 N–H and O–H groups in total. The molecule has 0 aromatic heterocycles. The fourth-order valence-electron chi connectivity index (χ4n) is 1.08. The minimum absolute atomic E-state index is 0.00851. The topological polar surface area (TPSA) is 60.2 Å². The van der Waals surface area contributed by atoms with E-state index in [1.54, 1.807) is 0 Å². The molecule has 0 radical (unpaired) electrons. The molecule has 1 aromatic rings. The van der Waals surface area contributed by atoms with Gasteiger partial charge in [0.25, 0.3) is 0 Å². The fourth-order valence-corrected chi connectivity index (χ4v) is 1.72. The van der Waals surface area contributed by atoms with Gasteiger partial charge >= 0.3 is 0 Å². The zero-order chi connectivity index (χ0) is 11.4. The molecule has 1 amide bonds. The highest BCUT2D eigenvalue weighted by Crippen LogP contribution is 2.16. The Balaban J connectivity index is 2.81. The van der Waals surface area contributed by atoms with E-state index in [0.29, 0.717) is 9.13 Å². The van der Waals surface area contributed by atoms with E-state index in [4.69, 9.17) is 5.73 Å². The second kappa shape index (κ2) is 5.20. The van der Waals surface area contributed by atoms with E-state index >= 15 is 0 Å². The molecular weight excluding hydrogens is 312 g/mol. The lowest BCUT2D eigenvalue weighted by atomic mass is 10.1. The van der Waals surface area contributed by atoms with Crippen LogP contribution in [0.3, 0.4) is 0 Å². The van der Waals surface area contributed by atoms with Crippen molar-refractivity contribution in [2.45, 2.75) is 12.8 Å². The van der Waals surface area contributed by atoms with Gasteiger partial charge in [-0.05, 0) is 40.8 Å². The average molecular weight is 321 g/mol. The lowest BCUT2D eigenvalue weighted by molar-refractivity contribution is -0.118. The summed E-state index contributed by atoms with van der Waals surface area (Å²) < 4.78 is 13.5. The van der Waals surface area contributed by atoms with Crippen molar-refractivity contribution < 1.29 is 14.0 Å². The van der Waals surface area contributed by atoms with E-state index in [9.17, 15) is 14.0 Å². The molecule has 0 atom stereocenters. The van der Waals surface area contributed by atoms with Gasteiger partial charge in [0.05, 0.1) is 0 Å². The van der Waals surface area contributed by atoms with E-state index in [1.165, 1.54) is 18.2 Å². The summed E-state index contributed by atoms with van der Waals surface area (Å²) >= 11 is 1.95. The molecule has 0 fully saturated rings. The summed E-state index contributed by atoms with van der Waals surface area (Å²) in [7, 11) is 0. The number of hydrogen-bond acceptors (Lipinski definition) is 2. The summed E-state index contributed by atoms with van der Waals surface area (Å²) in [6.45, 7) is 0. The smallest absolute Gasteiger partial charge is 0.217 e. The highest BCUT2D eigenvalue weighted by atomic mass is 127. The van der Waals surface area contributed by atoms with Gasteiger partial charge in [0.15, 0.2) is 5.78 Å². The van der Waals surface area contributed by atoms with Crippen LogP contribution in [0.4, 0.5) is 4.39 Å². The first-order valence-corrected chi connectivity index (χ1v) is 5.35. The van der Waals surface area contributed by atoms with Crippen LogP contribution >= 0.6 is 22.6 Å². The van der Waals surface area contributed by atoms with Crippen molar-refractivity contribution in [2.75, 3.05) is 0 Å². The number of primary amides is 1. The highest BCUT2D eigenvalue weighted by Gasteiger charge is 2.11. The van der Waals surface area contributed by atoms with Gasteiger partial charge in [-0.25, -0.2) is 4.39 Å². The minimum Gasteiger partial charge on any atom is -0.370 e. The number of nitrogens with two attached hydrogens (primary N) is 1. The first-order chi connectivity index (χ1) is 7.00. The van der Waals surface area contributed by atoms with E-state index < -0.39 is 11.7 Å². The van der Waals surface area contributed by atoms with Crippen LogP contribution in [-0.4, -0.2) is 11.7 Å². The van der Waals surface area contributed by atoms with Gasteiger partial charge < -0.3 is 5.73 Å². The van der Waals surface area contributed by atoms with Crippen LogP contribution in [0.2, 0.25) is 0 Å².